The monoisotopic (exact) mass is 534 g/mol. The Morgan fingerprint density at radius 2 is 1.52 bits per heavy atom. The van der Waals surface area contributed by atoms with Crippen LogP contribution in [0.2, 0.25) is 0 Å². The van der Waals surface area contributed by atoms with E-state index in [4.69, 9.17) is 13.9 Å². The molecular weight excluding hydrogens is 504 g/mol. The van der Waals surface area contributed by atoms with Crippen LogP contribution in [-0.2, 0) is 6.42 Å². The van der Waals surface area contributed by atoms with E-state index in [1.165, 1.54) is 6.92 Å². The predicted octanol–water partition coefficient (Wildman–Crippen LogP) is 7.45. The van der Waals surface area contributed by atoms with Gasteiger partial charge in [-0.3, -0.25) is 9.59 Å². The SMILES string of the molecule is CCCc1c(OCCOc2ccc3c(=O)c(-c4ccccc4)c(-c4ccccc4)oc3c2)ccc(C(C)=O)c1O. The standard InChI is InChI=1S/C34H30O6/c1-3-10-27-29(18-17-26(22(2)35)32(27)36)39-20-19-38-25-15-16-28-30(21-25)40-34(24-13-8-5-9-14-24)31(33(28)37)23-11-6-4-7-12-23/h4-9,11-18,21,36H,3,10,19-20H2,1-2H3. The molecule has 202 valence electrons. The van der Waals surface area contributed by atoms with Gasteiger partial charge in [0.15, 0.2) is 5.78 Å². The van der Waals surface area contributed by atoms with E-state index in [0.717, 1.165) is 17.5 Å². The third-order valence-electron chi connectivity index (χ3n) is 6.69. The lowest BCUT2D eigenvalue weighted by Gasteiger charge is -2.15. The second-order valence-corrected chi connectivity index (χ2v) is 9.47. The maximum atomic E-state index is 13.7. The van der Waals surface area contributed by atoms with Crippen LogP contribution in [-0.4, -0.2) is 24.1 Å². The molecule has 1 aromatic heterocycles. The Hall–Kier alpha value is -4.84. The van der Waals surface area contributed by atoms with E-state index in [-0.39, 0.29) is 35.7 Å². The molecule has 0 amide bonds. The minimum atomic E-state index is -0.195. The quantitative estimate of drug-likeness (QED) is 0.148. The van der Waals surface area contributed by atoms with E-state index < -0.39 is 0 Å². The Bertz CT molecular complexity index is 1700. The van der Waals surface area contributed by atoms with E-state index in [0.29, 0.717) is 45.8 Å². The summed E-state index contributed by atoms with van der Waals surface area (Å²) >= 11 is 0. The molecule has 0 spiro atoms. The number of hydrogen-bond donors (Lipinski definition) is 1. The summed E-state index contributed by atoms with van der Waals surface area (Å²) in [5.74, 6) is 1.34. The van der Waals surface area contributed by atoms with Crippen LogP contribution in [0.5, 0.6) is 17.2 Å². The van der Waals surface area contributed by atoms with Gasteiger partial charge in [-0.05, 0) is 43.2 Å². The predicted molar refractivity (Wildman–Crippen MR) is 156 cm³/mol. The highest BCUT2D eigenvalue weighted by molar-refractivity contribution is 5.97. The summed E-state index contributed by atoms with van der Waals surface area (Å²) in [6.07, 6.45) is 1.38. The van der Waals surface area contributed by atoms with Gasteiger partial charge in [0, 0.05) is 17.2 Å². The van der Waals surface area contributed by atoms with Crippen LogP contribution in [0, 0.1) is 0 Å². The van der Waals surface area contributed by atoms with E-state index in [9.17, 15) is 14.7 Å². The largest absolute Gasteiger partial charge is 0.507 e. The van der Waals surface area contributed by atoms with Crippen LogP contribution in [0.4, 0.5) is 0 Å². The fourth-order valence-electron chi connectivity index (χ4n) is 4.76. The van der Waals surface area contributed by atoms with Crippen LogP contribution in [0.3, 0.4) is 0 Å². The number of phenolic OH excluding ortho intramolecular Hbond substituents is 1. The van der Waals surface area contributed by atoms with Gasteiger partial charge >= 0.3 is 0 Å². The molecule has 0 bridgehead atoms. The van der Waals surface area contributed by atoms with Crippen molar-refractivity contribution < 1.29 is 23.8 Å². The van der Waals surface area contributed by atoms with Crippen LogP contribution in [0.25, 0.3) is 33.4 Å². The first-order valence-electron chi connectivity index (χ1n) is 13.3. The van der Waals surface area contributed by atoms with Gasteiger partial charge in [-0.2, -0.15) is 0 Å². The van der Waals surface area contributed by atoms with Gasteiger partial charge in [0.1, 0.15) is 41.8 Å². The number of benzene rings is 4. The smallest absolute Gasteiger partial charge is 0.201 e. The van der Waals surface area contributed by atoms with Crippen molar-refractivity contribution in [2.24, 2.45) is 0 Å². The molecular formula is C34H30O6. The summed E-state index contributed by atoms with van der Waals surface area (Å²) in [5.41, 5.74) is 3.33. The molecule has 1 heterocycles. The molecule has 0 aliphatic rings. The minimum Gasteiger partial charge on any atom is -0.507 e. The lowest BCUT2D eigenvalue weighted by Crippen LogP contribution is -2.11. The first kappa shape index (κ1) is 26.8. The van der Waals surface area contributed by atoms with Crippen molar-refractivity contribution in [2.45, 2.75) is 26.7 Å². The number of ketones is 1. The van der Waals surface area contributed by atoms with Crippen LogP contribution in [0.15, 0.2) is 100 Å². The van der Waals surface area contributed by atoms with E-state index in [1.807, 2.05) is 67.6 Å². The maximum absolute atomic E-state index is 13.7. The number of carbonyl (C=O) groups is 1. The third-order valence-corrected chi connectivity index (χ3v) is 6.69. The topological polar surface area (TPSA) is 86.0 Å². The Balaban J connectivity index is 1.39. The first-order chi connectivity index (χ1) is 19.5. The minimum absolute atomic E-state index is 0.0265. The van der Waals surface area contributed by atoms with Crippen LogP contribution >= 0.6 is 0 Å². The van der Waals surface area contributed by atoms with Gasteiger partial charge in [-0.25, -0.2) is 0 Å². The molecule has 5 rings (SSSR count). The van der Waals surface area contributed by atoms with Crippen molar-refractivity contribution in [1.82, 2.24) is 0 Å². The number of phenols is 1. The molecule has 0 saturated carbocycles. The number of aromatic hydroxyl groups is 1. The number of hydrogen-bond acceptors (Lipinski definition) is 6. The number of rotatable bonds is 10. The molecule has 0 aliphatic carbocycles. The highest BCUT2D eigenvalue weighted by Gasteiger charge is 2.19. The molecule has 40 heavy (non-hydrogen) atoms. The number of carbonyl (C=O) groups excluding carboxylic acids is 1. The summed E-state index contributed by atoms with van der Waals surface area (Å²) in [7, 11) is 0. The lowest BCUT2D eigenvalue weighted by atomic mass is 9.98. The third kappa shape index (κ3) is 5.47. The van der Waals surface area contributed by atoms with Crippen molar-refractivity contribution in [1.29, 1.82) is 0 Å². The van der Waals surface area contributed by atoms with Gasteiger partial charge < -0.3 is 19.0 Å². The number of fused-ring (bicyclic) bond motifs is 1. The van der Waals surface area contributed by atoms with Crippen molar-refractivity contribution >= 4 is 16.8 Å². The maximum Gasteiger partial charge on any atom is 0.201 e. The fourth-order valence-corrected chi connectivity index (χ4v) is 4.76. The molecule has 4 aromatic carbocycles. The average Bonchev–Trinajstić information content (AvgIpc) is 2.97. The van der Waals surface area contributed by atoms with Gasteiger partial charge in [0.05, 0.1) is 16.5 Å². The highest BCUT2D eigenvalue weighted by atomic mass is 16.5. The van der Waals surface area contributed by atoms with Crippen molar-refractivity contribution in [3.8, 4) is 39.7 Å². The average molecular weight is 535 g/mol. The molecule has 5 aromatic rings. The van der Waals surface area contributed by atoms with Gasteiger partial charge in [-0.1, -0.05) is 74.0 Å². The van der Waals surface area contributed by atoms with E-state index >= 15 is 0 Å². The summed E-state index contributed by atoms with van der Waals surface area (Å²) in [6.45, 7) is 3.87. The molecule has 0 fully saturated rings. The Morgan fingerprint density at radius 1 is 0.850 bits per heavy atom. The molecule has 6 nitrogen and oxygen atoms in total. The lowest BCUT2D eigenvalue weighted by molar-refractivity contribution is 0.101. The fraction of sp³-hybridized carbons (Fsp3) is 0.176. The van der Waals surface area contributed by atoms with Gasteiger partial charge in [0.2, 0.25) is 5.43 Å². The molecule has 0 radical (unpaired) electrons. The second kappa shape index (κ2) is 11.9. The summed E-state index contributed by atoms with van der Waals surface area (Å²) < 4.78 is 18.2. The van der Waals surface area contributed by atoms with Gasteiger partial charge in [-0.15, -0.1) is 0 Å². The second-order valence-electron chi connectivity index (χ2n) is 9.47. The Labute approximate surface area is 232 Å². The zero-order valence-electron chi connectivity index (χ0n) is 22.5. The number of ether oxygens (including phenoxy) is 2. The molecule has 6 heteroatoms. The molecule has 0 unspecified atom stereocenters. The van der Waals surface area contributed by atoms with Crippen molar-refractivity contribution in [2.75, 3.05) is 13.2 Å². The van der Waals surface area contributed by atoms with Crippen molar-refractivity contribution in [3.05, 3.63) is 112 Å². The molecule has 0 saturated heterocycles. The highest BCUT2D eigenvalue weighted by Crippen LogP contribution is 2.34. The zero-order chi connectivity index (χ0) is 28.1. The number of Topliss-reactive ketones (excluding diaryl/α,β-unsaturated/α-hetero) is 1. The van der Waals surface area contributed by atoms with Crippen LogP contribution < -0.4 is 14.9 Å². The zero-order valence-corrected chi connectivity index (χ0v) is 22.5. The summed E-state index contributed by atoms with van der Waals surface area (Å²) in [5, 5.41) is 11.0. The molecule has 0 aliphatic heterocycles. The van der Waals surface area contributed by atoms with Gasteiger partial charge in [0.25, 0.3) is 0 Å². The van der Waals surface area contributed by atoms with E-state index in [2.05, 4.69) is 0 Å². The van der Waals surface area contributed by atoms with Crippen LogP contribution in [0.1, 0.15) is 36.2 Å². The summed E-state index contributed by atoms with van der Waals surface area (Å²) in [4.78, 5) is 25.5. The molecule has 1 N–H and O–H groups in total. The molecule has 0 atom stereocenters. The Morgan fingerprint density at radius 3 is 2.20 bits per heavy atom. The Kier molecular flexibility index (Phi) is 7.97. The normalized spacial score (nSPS) is 10.9. The van der Waals surface area contributed by atoms with Crippen molar-refractivity contribution in [3.63, 3.8) is 0 Å². The van der Waals surface area contributed by atoms with E-state index in [1.54, 1.807) is 30.3 Å². The first-order valence-corrected chi connectivity index (χ1v) is 13.3. The summed E-state index contributed by atoms with van der Waals surface area (Å²) in [6, 6.07) is 27.6.